The number of carbonyl (C=O) groups is 1. The molecule has 3 nitrogen and oxygen atoms in total. The number of esters is 1. The molecular formula is C6H10O3. The largest absolute Gasteiger partial charge is 0.464 e. The van der Waals surface area contributed by atoms with Gasteiger partial charge in [0.1, 0.15) is 0 Å². The van der Waals surface area contributed by atoms with Crippen molar-refractivity contribution in [1.29, 1.82) is 0 Å². The minimum atomic E-state index is -0.273. The van der Waals surface area contributed by atoms with Gasteiger partial charge in [-0.25, -0.2) is 4.79 Å². The molecule has 0 aliphatic carbocycles. The van der Waals surface area contributed by atoms with Crippen LogP contribution in [0, 0.1) is 0 Å². The van der Waals surface area contributed by atoms with Gasteiger partial charge in [0.15, 0.2) is 6.10 Å². The maximum Gasteiger partial charge on any atom is 0.337 e. The number of hydrogen-bond donors (Lipinski definition) is 0. The molecule has 1 rings (SSSR count). The van der Waals surface area contributed by atoms with E-state index in [2.05, 4.69) is 4.74 Å². The van der Waals surface area contributed by atoms with Crippen LogP contribution in [-0.4, -0.2) is 24.8 Å². The van der Waals surface area contributed by atoms with Crippen LogP contribution >= 0.6 is 0 Å². The molecule has 0 aromatic heterocycles. The van der Waals surface area contributed by atoms with E-state index >= 15 is 0 Å². The number of ether oxygens (including phenoxy) is 2. The molecule has 0 bridgehead atoms. The molecule has 1 saturated heterocycles. The quantitative estimate of drug-likeness (QED) is 0.399. The second-order valence-corrected chi connectivity index (χ2v) is 2.01. The Morgan fingerprint density at radius 3 is 2.67 bits per heavy atom. The fraction of sp³-hybridized carbons (Fsp3) is 0.833. The predicted molar refractivity (Wildman–Crippen MR) is 31.0 cm³/mol. The zero-order valence-electron chi connectivity index (χ0n) is 5.59. The van der Waals surface area contributed by atoms with Crippen LogP contribution in [-0.2, 0) is 14.3 Å². The van der Waals surface area contributed by atoms with Crippen LogP contribution in [0.2, 0.25) is 0 Å². The molecule has 0 amide bonds. The maximum absolute atomic E-state index is 10.7. The van der Waals surface area contributed by atoms with Crippen LogP contribution in [0.4, 0.5) is 0 Å². The van der Waals surface area contributed by atoms with E-state index in [9.17, 15) is 4.79 Å². The molecule has 1 fully saturated rings. The molecular weight excluding hydrogens is 120 g/mol. The molecule has 3 heteroatoms. The zero-order chi connectivity index (χ0) is 6.85. The van der Waals surface area contributed by atoms with Crippen molar-refractivity contribution in [3.63, 3.8) is 0 Å². The highest BCUT2D eigenvalue weighted by Crippen LogP contribution is 2.21. The van der Waals surface area contributed by atoms with Crippen molar-refractivity contribution in [2.24, 2.45) is 0 Å². The van der Waals surface area contributed by atoms with Gasteiger partial charge in [-0.2, -0.15) is 0 Å². The molecule has 0 N–H and O–H groups in total. The Labute approximate surface area is 53.9 Å². The maximum atomic E-state index is 10.7. The van der Waals surface area contributed by atoms with Crippen molar-refractivity contribution < 1.29 is 14.3 Å². The minimum absolute atomic E-state index is 0.0732. The van der Waals surface area contributed by atoms with Crippen molar-refractivity contribution in [2.45, 2.75) is 26.1 Å². The van der Waals surface area contributed by atoms with Crippen molar-refractivity contribution in [3.8, 4) is 0 Å². The summed E-state index contributed by atoms with van der Waals surface area (Å²) in [5.74, 6) is -0.231. The first-order chi connectivity index (χ1) is 4.25. The average molecular weight is 130 g/mol. The van der Waals surface area contributed by atoms with Gasteiger partial charge >= 0.3 is 5.97 Å². The van der Waals surface area contributed by atoms with Gasteiger partial charge in [0.2, 0.25) is 0 Å². The Morgan fingerprint density at radius 1 is 1.78 bits per heavy atom. The molecule has 1 aliphatic heterocycles. The van der Waals surface area contributed by atoms with Gasteiger partial charge < -0.3 is 9.47 Å². The van der Waals surface area contributed by atoms with Crippen molar-refractivity contribution in [2.75, 3.05) is 6.61 Å². The standard InChI is InChI=1S/C6H10O3/c1-3-8-6(7)5-4(2)9-5/h4-5H,3H2,1-2H3/t4-,5-/m0/s1. The predicted octanol–water partition coefficient (Wildman–Crippen LogP) is 0.337. The second kappa shape index (κ2) is 2.35. The van der Waals surface area contributed by atoms with E-state index in [1.54, 1.807) is 6.92 Å². The highest BCUT2D eigenvalue weighted by atomic mass is 16.6. The Bertz CT molecular complexity index is 121. The molecule has 0 aromatic rings. The van der Waals surface area contributed by atoms with Gasteiger partial charge in [0.05, 0.1) is 12.7 Å². The third-order valence-corrected chi connectivity index (χ3v) is 1.23. The summed E-state index contributed by atoms with van der Waals surface area (Å²) >= 11 is 0. The van der Waals surface area contributed by atoms with Crippen molar-refractivity contribution in [3.05, 3.63) is 0 Å². The van der Waals surface area contributed by atoms with E-state index in [4.69, 9.17) is 4.74 Å². The zero-order valence-corrected chi connectivity index (χ0v) is 5.59. The smallest absolute Gasteiger partial charge is 0.337 e. The summed E-state index contributed by atoms with van der Waals surface area (Å²) in [5, 5.41) is 0. The highest BCUT2D eigenvalue weighted by molar-refractivity contribution is 5.77. The SMILES string of the molecule is CCOC(=O)[C@H]1O[C@H]1C. The molecule has 1 aliphatic rings. The first-order valence-electron chi connectivity index (χ1n) is 3.07. The first kappa shape index (κ1) is 6.55. The van der Waals surface area contributed by atoms with E-state index < -0.39 is 0 Å². The van der Waals surface area contributed by atoms with E-state index in [0.717, 1.165) is 0 Å². The van der Waals surface area contributed by atoms with Gasteiger partial charge in [-0.05, 0) is 13.8 Å². The van der Waals surface area contributed by atoms with Crippen LogP contribution in [0.3, 0.4) is 0 Å². The van der Waals surface area contributed by atoms with Crippen LogP contribution in [0.1, 0.15) is 13.8 Å². The summed E-state index contributed by atoms with van der Waals surface area (Å²) in [4.78, 5) is 10.7. The summed E-state index contributed by atoms with van der Waals surface area (Å²) in [6, 6.07) is 0. The third kappa shape index (κ3) is 1.42. The van der Waals surface area contributed by atoms with Crippen LogP contribution < -0.4 is 0 Å². The normalized spacial score (nSPS) is 31.8. The number of epoxide rings is 1. The topological polar surface area (TPSA) is 38.8 Å². The Morgan fingerprint density at radius 2 is 2.33 bits per heavy atom. The third-order valence-electron chi connectivity index (χ3n) is 1.23. The molecule has 0 unspecified atom stereocenters. The lowest BCUT2D eigenvalue weighted by molar-refractivity contribution is -0.144. The summed E-state index contributed by atoms with van der Waals surface area (Å²) in [6.07, 6.45) is -0.200. The summed E-state index contributed by atoms with van der Waals surface area (Å²) in [5.41, 5.74) is 0. The van der Waals surface area contributed by atoms with Gasteiger partial charge in [-0.3, -0.25) is 0 Å². The summed E-state index contributed by atoms with van der Waals surface area (Å²) < 4.78 is 9.53. The molecule has 9 heavy (non-hydrogen) atoms. The molecule has 1 heterocycles. The van der Waals surface area contributed by atoms with E-state index in [1.807, 2.05) is 6.92 Å². The van der Waals surface area contributed by atoms with Gasteiger partial charge in [0.25, 0.3) is 0 Å². The van der Waals surface area contributed by atoms with E-state index in [0.29, 0.717) is 6.61 Å². The Kier molecular flexibility index (Phi) is 1.71. The average Bonchev–Trinajstić information content (AvgIpc) is 2.47. The van der Waals surface area contributed by atoms with Gasteiger partial charge in [-0.15, -0.1) is 0 Å². The second-order valence-electron chi connectivity index (χ2n) is 2.01. The van der Waals surface area contributed by atoms with Crippen molar-refractivity contribution in [1.82, 2.24) is 0 Å². The monoisotopic (exact) mass is 130 g/mol. The molecule has 0 saturated carbocycles. The molecule has 0 radical (unpaired) electrons. The van der Waals surface area contributed by atoms with Gasteiger partial charge in [-0.1, -0.05) is 0 Å². The highest BCUT2D eigenvalue weighted by Gasteiger charge is 2.42. The van der Waals surface area contributed by atoms with Crippen molar-refractivity contribution >= 4 is 5.97 Å². The van der Waals surface area contributed by atoms with E-state index in [1.165, 1.54) is 0 Å². The van der Waals surface area contributed by atoms with Gasteiger partial charge in [0, 0.05) is 0 Å². The first-order valence-corrected chi connectivity index (χ1v) is 3.07. The Balaban J connectivity index is 2.20. The fourth-order valence-electron chi connectivity index (χ4n) is 0.657. The van der Waals surface area contributed by atoms with Crippen LogP contribution in [0.15, 0.2) is 0 Å². The lowest BCUT2D eigenvalue weighted by Crippen LogP contribution is -2.12. The lowest BCUT2D eigenvalue weighted by atomic mass is 10.3. The van der Waals surface area contributed by atoms with Crippen LogP contribution in [0.5, 0.6) is 0 Å². The van der Waals surface area contributed by atoms with E-state index in [-0.39, 0.29) is 18.2 Å². The number of rotatable bonds is 2. The Hall–Kier alpha value is -0.570. The fourth-order valence-corrected chi connectivity index (χ4v) is 0.657. The molecule has 0 aromatic carbocycles. The van der Waals surface area contributed by atoms with Crippen LogP contribution in [0.25, 0.3) is 0 Å². The molecule has 52 valence electrons. The summed E-state index contributed by atoms with van der Waals surface area (Å²) in [6.45, 7) is 4.07. The number of hydrogen-bond acceptors (Lipinski definition) is 3. The lowest BCUT2D eigenvalue weighted by Gasteiger charge is -1.94. The number of carbonyl (C=O) groups excluding carboxylic acids is 1. The summed E-state index contributed by atoms with van der Waals surface area (Å²) in [7, 11) is 0. The molecule has 2 atom stereocenters. The molecule has 0 spiro atoms. The minimum Gasteiger partial charge on any atom is -0.464 e.